The summed E-state index contributed by atoms with van der Waals surface area (Å²) in [5, 5.41) is -5.91. The van der Waals surface area contributed by atoms with Crippen LogP contribution in [0.2, 0.25) is 0 Å². The molecule has 0 N–H and O–H groups in total. The normalized spacial score (nSPS) is 14.8. The third-order valence-corrected chi connectivity index (χ3v) is 5.40. The van der Waals surface area contributed by atoms with Crippen LogP contribution >= 0.6 is 0 Å². The van der Waals surface area contributed by atoms with Crippen LogP contribution in [0.5, 0.6) is 0 Å². The van der Waals surface area contributed by atoms with Crippen LogP contribution < -0.4 is 0 Å². The number of sulfonamides is 1. The van der Waals surface area contributed by atoms with E-state index in [2.05, 4.69) is 0 Å². The van der Waals surface area contributed by atoms with Gasteiger partial charge in [0.1, 0.15) is 0 Å². The van der Waals surface area contributed by atoms with Crippen molar-refractivity contribution >= 4 is 10.0 Å². The summed E-state index contributed by atoms with van der Waals surface area (Å²) in [4.78, 5) is 1.87. The van der Waals surface area contributed by atoms with Crippen molar-refractivity contribution in [2.45, 2.75) is 44.3 Å². The van der Waals surface area contributed by atoms with Gasteiger partial charge in [0, 0.05) is 20.5 Å². The molecule has 140 valence electrons. The Morgan fingerprint density at radius 2 is 1.35 bits per heavy atom. The summed E-state index contributed by atoms with van der Waals surface area (Å²) in [5.41, 5.74) is 0. The average molecular weight is 372 g/mol. The van der Waals surface area contributed by atoms with E-state index in [9.17, 15) is 34.8 Å². The minimum absolute atomic E-state index is 0.00382. The van der Waals surface area contributed by atoms with E-state index in [-0.39, 0.29) is 10.7 Å². The van der Waals surface area contributed by atoms with Crippen molar-refractivity contribution in [3.8, 4) is 0 Å². The summed E-state index contributed by atoms with van der Waals surface area (Å²) in [7, 11) is -5.28. The van der Waals surface area contributed by atoms with Gasteiger partial charge in [0.05, 0.1) is 0 Å². The number of hydrogen-bond acceptors (Lipinski definition) is 3. The standard InChI is InChI=1S/C12H22F6N2O2S/c1-5-20(6-2)9-7-8-19(4)23(21,22)12(17,18)11(15,16)10(3,13)14/h5-9H2,1-4H3. The van der Waals surface area contributed by atoms with Crippen molar-refractivity contribution < 1.29 is 34.8 Å². The summed E-state index contributed by atoms with van der Waals surface area (Å²) in [6.45, 7) is 4.38. The minimum Gasteiger partial charge on any atom is -0.304 e. The molecule has 0 rings (SSSR count). The topological polar surface area (TPSA) is 40.6 Å². The predicted molar refractivity (Wildman–Crippen MR) is 74.5 cm³/mol. The van der Waals surface area contributed by atoms with Gasteiger partial charge in [-0.2, -0.15) is 30.6 Å². The first kappa shape index (κ1) is 22.4. The maximum atomic E-state index is 13.6. The molecule has 0 aromatic carbocycles. The van der Waals surface area contributed by atoms with Crippen LogP contribution in [-0.2, 0) is 10.0 Å². The molecule has 0 fully saturated rings. The summed E-state index contributed by atoms with van der Waals surface area (Å²) >= 11 is 0. The third-order valence-electron chi connectivity index (χ3n) is 3.49. The molecule has 0 aromatic heterocycles. The smallest absolute Gasteiger partial charge is 0.304 e. The van der Waals surface area contributed by atoms with Crippen LogP contribution in [-0.4, -0.2) is 67.9 Å². The second-order valence-electron chi connectivity index (χ2n) is 5.19. The lowest BCUT2D eigenvalue weighted by atomic mass is 10.2. The Kier molecular flexibility index (Phi) is 7.38. The minimum atomic E-state index is -6.02. The highest BCUT2D eigenvalue weighted by atomic mass is 32.2. The van der Waals surface area contributed by atoms with E-state index < -0.39 is 40.6 Å². The van der Waals surface area contributed by atoms with Gasteiger partial charge >= 0.3 is 17.1 Å². The second kappa shape index (κ2) is 7.56. The fourth-order valence-electron chi connectivity index (χ4n) is 1.79. The van der Waals surface area contributed by atoms with E-state index in [0.717, 1.165) is 0 Å². The summed E-state index contributed by atoms with van der Waals surface area (Å²) in [5.74, 6) is -11.2. The fraction of sp³-hybridized carbons (Fsp3) is 1.00. The molecule has 0 amide bonds. The molecule has 23 heavy (non-hydrogen) atoms. The van der Waals surface area contributed by atoms with Gasteiger partial charge in [-0.1, -0.05) is 13.8 Å². The van der Waals surface area contributed by atoms with Gasteiger partial charge in [0.15, 0.2) is 0 Å². The Balaban J connectivity index is 5.17. The Morgan fingerprint density at radius 1 is 0.913 bits per heavy atom. The van der Waals surface area contributed by atoms with Crippen LogP contribution in [0, 0.1) is 0 Å². The molecule has 0 aliphatic heterocycles. The van der Waals surface area contributed by atoms with Crippen LogP contribution in [0.3, 0.4) is 0 Å². The van der Waals surface area contributed by atoms with E-state index in [0.29, 0.717) is 26.7 Å². The van der Waals surface area contributed by atoms with Crippen molar-refractivity contribution in [2.24, 2.45) is 0 Å². The average Bonchev–Trinajstić information content (AvgIpc) is 2.41. The molecular weight excluding hydrogens is 350 g/mol. The lowest BCUT2D eigenvalue weighted by Gasteiger charge is -2.32. The predicted octanol–water partition coefficient (Wildman–Crippen LogP) is 2.86. The second-order valence-corrected chi connectivity index (χ2v) is 7.27. The molecule has 0 atom stereocenters. The lowest BCUT2D eigenvalue weighted by molar-refractivity contribution is -0.272. The first-order valence-electron chi connectivity index (χ1n) is 6.98. The highest BCUT2D eigenvalue weighted by Gasteiger charge is 2.76. The molecule has 0 bridgehead atoms. The highest BCUT2D eigenvalue weighted by Crippen LogP contribution is 2.48. The van der Waals surface area contributed by atoms with Gasteiger partial charge in [-0.05, 0) is 26.1 Å². The zero-order chi connectivity index (χ0) is 18.7. The van der Waals surface area contributed by atoms with Gasteiger partial charge in [0.25, 0.3) is 10.0 Å². The molecule has 0 aliphatic carbocycles. The van der Waals surface area contributed by atoms with E-state index in [1.807, 2.05) is 18.7 Å². The van der Waals surface area contributed by atoms with Crippen LogP contribution in [0.4, 0.5) is 26.3 Å². The molecule has 0 unspecified atom stereocenters. The Hall–Kier alpha value is -0.550. The molecule has 0 spiro atoms. The molecule has 0 saturated carbocycles. The largest absolute Gasteiger partial charge is 0.427 e. The van der Waals surface area contributed by atoms with Crippen molar-refractivity contribution in [3.05, 3.63) is 0 Å². The molecular formula is C12H22F6N2O2S. The Bertz CT molecular complexity index is 474. The first-order valence-corrected chi connectivity index (χ1v) is 8.42. The van der Waals surface area contributed by atoms with Crippen molar-refractivity contribution in [3.63, 3.8) is 0 Å². The van der Waals surface area contributed by atoms with Gasteiger partial charge in [-0.25, -0.2) is 8.42 Å². The van der Waals surface area contributed by atoms with Crippen LogP contribution in [0.25, 0.3) is 0 Å². The quantitative estimate of drug-likeness (QED) is 0.554. The van der Waals surface area contributed by atoms with E-state index >= 15 is 0 Å². The number of alkyl halides is 6. The van der Waals surface area contributed by atoms with Crippen LogP contribution in [0.15, 0.2) is 0 Å². The zero-order valence-electron chi connectivity index (χ0n) is 13.4. The number of hydrogen-bond donors (Lipinski definition) is 0. The Labute approximate surface area is 132 Å². The monoisotopic (exact) mass is 372 g/mol. The zero-order valence-corrected chi connectivity index (χ0v) is 14.2. The van der Waals surface area contributed by atoms with Gasteiger partial charge in [-0.15, -0.1) is 0 Å². The van der Waals surface area contributed by atoms with Gasteiger partial charge < -0.3 is 4.90 Å². The van der Waals surface area contributed by atoms with E-state index in [1.54, 1.807) is 0 Å². The van der Waals surface area contributed by atoms with Crippen molar-refractivity contribution in [2.75, 3.05) is 33.2 Å². The summed E-state index contributed by atoms with van der Waals surface area (Å²) < 4.78 is 102. The molecule has 4 nitrogen and oxygen atoms in total. The molecule has 0 aliphatic rings. The summed E-state index contributed by atoms with van der Waals surface area (Å²) in [6, 6.07) is 0. The van der Waals surface area contributed by atoms with Crippen LogP contribution in [0.1, 0.15) is 27.2 Å². The molecule has 0 saturated heterocycles. The third kappa shape index (κ3) is 4.50. The van der Waals surface area contributed by atoms with E-state index in [4.69, 9.17) is 0 Å². The number of halogens is 6. The van der Waals surface area contributed by atoms with Gasteiger partial charge in [0.2, 0.25) is 0 Å². The van der Waals surface area contributed by atoms with Crippen molar-refractivity contribution in [1.29, 1.82) is 0 Å². The van der Waals surface area contributed by atoms with Gasteiger partial charge in [-0.3, -0.25) is 0 Å². The molecule has 11 heteroatoms. The number of nitrogens with zero attached hydrogens (tertiary/aromatic N) is 2. The lowest BCUT2D eigenvalue weighted by Crippen LogP contribution is -2.59. The highest BCUT2D eigenvalue weighted by molar-refractivity contribution is 7.90. The molecule has 0 heterocycles. The van der Waals surface area contributed by atoms with E-state index in [1.165, 1.54) is 0 Å². The summed E-state index contributed by atoms with van der Waals surface area (Å²) in [6.07, 6.45) is 0.0988. The maximum Gasteiger partial charge on any atom is 0.427 e. The molecule has 0 aromatic rings. The molecule has 0 radical (unpaired) electrons. The SMILES string of the molecule is CCN(CC)CCCN(C)S(=O)(=O)C(F)(F)C(F)(F)C(C)(F)F. The number of rotatable bonds is 10. The van der Waals surface area contributed by atoms with Crippen molar-refractivity contribution in [1.82, 2.24) is 9.21 Å². The maximum absolute atomic E-state index is 13.6. The first-order chi connectivity index (χ1) is 10.2. The fourth-order valence-corrected chi connectivity index (χ4v) is 3.05. The Morgan fingerprint density at radius 3 is 1.70 bits per heavy atom.